The fourth-order valence-corrected chi connectivity index (χ4v) is 1.52. The quantitative estimate of drug-likeness (QED) is 0.581. The maximum absolute atomic E-state index is 11.1. The van der Waals surface area contributed by atoms with Gasteiger partial charge in [0.2, 0.25) is 0 Å². The number of hydrogen-bond acceptors (Lipinski definition) is 3. The maximum Gasteiger partial charge on any atom is 0.322 e. The highest BCUT2D eigenvalue weighted by molar-refractivity contribution is 5.73. The standard InChI is InChI=1S/C12H18N2O2/c1-9(2)14(13)11(12(15)16)8-10-6-4-3-5-7-10/h3-7,9,11H,8,13H2,1-2H3,(H,15,16). The molecule has 4 heteroatoms. The summed E-state index contributed by atoms with van der Waals surface area (Å²) < 4.78 is 0. The van der Waals surface area contributed by atoms with Crippen LogP contribution in [0.4, 0.5) is 0 Å². The molecule has 0 amide bonds. The first-order valence-corrected chi connectivity index (χ1v) is 5.32. The second-order valence-corrected chi connectivity index (χ2v) is 4.08. The first-order valence-electron chi connectivity index (χ1n) is 5.32. The Balaban J connectivity index is 2.77. The highest BCUT2D eigenvalue weighted by Crippen LogP contribution is 2.09. The number of carboxylic acids is 1. The predicted octanol–water partition coefficient (Wildman–Crippen LogP) is 1.27. The van der Waals surface area contributed by atoms with Crippen LogP contribution in [0.3, 0.4) is 0 Å². The third-order valence-corrected chi connectivity index (χ3v) is 2.51. The van der Waals surface area contributed by atoms with Gasteiger partial charge in [-0.1, -0.05) is 30.3 Å². The average molecular weight is 222 g/mol. The van der Waals surface area contributed by atoms with Crippen LogP contribution in [-0.2, 0) is 11.2 Å². The van der Waals surface area contributed by atoms with E-state index in [1.54, 1.807) is 0 Å². The number of benzene rings is 1. The number of carbonyl (C=O) groups is 1. The van der Waals surface area contributed by atoms with E-state index in [1.165, 1.54) is 5.01 Å². The number of nitrogens with two attached hydrogens (primary N) is 1. The molecule has 0 aliphatic carbocycles. The lowest BCUT2D eigenvalue weighted by Gasteiger charge is -2.27. The van der Waals surface area contributed by atoms with Crippen molar-refractivity contribution in [3.8, 4) is 0 Å². The summed E-state index contributed by atoms with van der Waals surface area (Å²) in [6, 6.07) is 8.83. The maximum atomic E-state index is 11.1. The van der Waals surface area contributed by atoms with Gasteiger partial charge in [0.05, 0.1) is 0 Å². The molecule has 16 heavy (non-hydrogen) atoms. The molecule has 0 fully saturated rings. The zero-order valence-electron chi connectivity index (χ0n) is 9.63. The second-order valence-electron chi connectivity index (χ2n) is 4.08. The van der Waals surface area contributed by atoms with Crippen LogP contribution in [0.25, 0.3) is 0 Å². The van der Waals surface area contributed by atoms with Gasteiger partial charge in [-0.05, 0) is 19.4 Å². The van der Waals surface area contributed by atoms with E-state index in [9.17, 15) is 4.79 Å². The molecule has 1 rings (SSSR count). The number of nitrogens with zero attached hydrogens (tertiary/aromatic N) is 1. The van der Waals surface area contributed by atoms with Gasteiger partial charge in [-0.3, -0.25) is 10.6 Å². The van der Waals surface area contributed by atoms with Crippen molar-refractivity contribution in [1.82, 2.24) is 5.01 Å². The minimum Gasteiger partial charge on any atom is -0.480 e. The molecule has 1 aromatic carbocycles. The molecule has 0 radical (unpaired) electrons. The Hall–Kier alpha value is -1.39. The topological polar surface area (TPSA) is 66.6 Å². The van der Waals surface area contributed by atoms with Crippen molar-refractivity contribution < 1.29 is 9.90 Å². The Morgan fingerprint density at radius 1 is 1.38 bits per heavy atom. The van der Waals surface area contributed by atoms with Crippen LogP contribution in [-0.4, -0.2) is 28.2 Å². The molecular weight excluding hydrogens is 204 g/mol. The first-order chi connectivity index (χ1) is 7.52. The van der Waals surface area contributed by atoms with Crippen LogP contribution in [0.5, 0.6) is 0 Å². The molecular formula is C12H18N2O2. The van der Waals surface area contributed by atoms with Gasteiger partial charge in [-0.25, -0.2) is 5.01 Å². The molecule has 0 saturated heterocycles. The van der Waals surface area contributed by atoms with Crippen molar-refractivity contribution in [2.45, 2.75) is 32.4 Å². The largest absolute Gasteiger partial charge is 0.480 e. The summed E-state index contributed by atoms with van der Waals surface area (Å²) >= 11 is 0. The summed E-state index contributed by atoms with van der Waals surface area (Å²) in [5.74, 6) is 4.87. The summed E-state index contributed by atoms with van der Waals surface area (Å²) in [7, 11) is 0. The van der Waals surface area contributed by atoms with Gasteiger partial charge in [-0.15, -0.1) is 0 Å². The lowest BCUT2D eigenvalue weighted by Crippen LogP contribution is -2.50. The van der Waals surface area contributed by atoms with Crippen molar-refractivity contribution in [1.29, 1.82) is 0 Å². The predicted molar refractivity (Wildman–Crippen MR) is 62.7 cm³/mol. The summed E-state index contributed by atoms with van der Waals surface area (Å²) in [6.45, 7) is 3.75. The summed E-state index contributed by atoms with van der Waals surface area (Å²) in [5, 5.41) is 10.5. The second kappa shape index (κ2) is 5.63. The Kier molecular flexibility index (Phi) is 4.46. The summed E-state index contributed by atoms with van der Waals surface area (Å²) in [5.41, 5.74) is 0.978. The number of hydrazine groups is 1. The molecule has 4 nitrogen and oxygen atoms in total. The number of rotatable bonds is 5. The zero-order chi connectivity index (χ0) is 12.1. The normalized spacial score (nSPS) is 13.1. The first kappa shape index (κ1) is 12.7. The highest BCUT2D eigenvalue weighted by atomic mass is 16.4. The van der Waals surface area contributed by atoms with Crippen molar-refractivity contribution in [3.05, 3.63) is 35.9 Å². The van der Waals surface area contributed by atoms with Crippen molar-refractivity contribution >= 4 is 5.97 Å². The van der Waals surface area contributed by atoms with E-state index in [-0.39, 0.29) is 6.04 Å². The zero-order valence-corrected chi connectivity index (χ0v) is 9.63. The molecule has 0 aliphatic rings. The molecule has 88 valence electrons. The number of aliphatic carboxylic acids is 1. The minimum atomic E-state index is -0.889. The van der Waals surface area contributed by atoms with Gasteiger partial charge in [0.15, 0.2) is 0 Å². The smallest absolute Gasteiger partial charge is 0.322 e. The molecule has 0 saturated carbocycles. The van der Waals surface area contributed by atoms with Gasteiger partial charge in [0, 0.05) is 12.5 Å². The van der Waals surface area contributed by atoms with Crippen molar-refractivity contribution in [2.24, 2.45) is 5.84 Å². The molecule has 0 aliphatic heterocycles. The molecule has 0 spiro atoms. The van der Waals surface area contributed by atoms with E-state index in [0.29, 0.717) is 6.42 Å². The molecule has 1 unspecified atom stereocenters. The van der Waals surface area contributed by atoms with Crippen LogP contribution in [0.2, 0.25) is 0 Å². The van der Waals surface area contributed by atoms with Gasteiger partial charge in [-0.2, -0.15) is 0 Å². The van der Waals surface area contributed by atoms with Gasteiger partial charge in [0.1, 0.15) is 6.04 Å². The Morgan fingerprint density at radius 3 is 2.38 bits per heavy atom. The molecule has 3 N–H and O–H groups in total. The summed E-state index contributed by atoms with van der Waals surface area (Å²) in [4.78, 5) is 11.1. The van der Waals surface area contributed by atoms with Crippen LogP contribution in [0.15, 0.2) is 30.3 Å². The monoisotopic (exact) mass is 222 g/mol. The number of hydrogen-bond donors (Lipinski definition) is 2. The van der Waals surface area contributed by atoms with Crippen molar-refractivity contribution in [2.75, 3.05) is 0 Å². The molecule has 0 bridgehead atoms. The fourth-order valence-electron chi connectivity index (χ4n) is 1.52. The van der Waals surface area contributed by atoms with Crippen LogP contribution in [0.1, 0.15) is 19.4 Å². The minimum absolute atomic E-state index is 0.00446. The van der Waals surface area contributed by atoms with Crippen LogP contribution in [0, 0.1) is 0 Å². The van der Waals surface area contributed by atoms with E-state index in [2.05, 4.69) is 0 Å². The number of carboxylic acid groups (broad SMARTS) is 1. The lowest BCUT2D eigenvalue weighted by molar-refractivity contribution is -0.144. The third-order valence-electron chi connectivity index (χ3n) is 2.51. The van der Waals surface area contributed by atoms with E-state index in [0.717, 1.165) is 5.56 Å². The van der Waals surface area contributed by atoms with Gasteiger partial charge < -0.3 is 5.11 Å². The third kappa shape index (κ3) is 3.32. The Morgan fingerprint density at radius 2 is 1.94 bits per heavy atom. The highest BCUT2D eigenvalue weighted by Gasteiger charge is 2.25. The van der Waals surface area contributed by atoms with Crippen LogP contribution < -0.4 is 5.84 Å². The van der Waals surface area contributed by atoms with Gasteiger partial charge >= 0.3 is 5.97 Å². The average Bonchev–Trinajstić information content (AvgIpc) is 2.26. The van der Waals surface area contributed by atoms with Crippen LogP contribution >= 0.6 is 0 Å². The Bertz CT molecular complexity index is 338. The van der Waals surface area contributed by atoms with E-state index in [4.69, 9.17) is 10.9 Å². The van der Waals surface area contributed by atoms with E-state index >= 15 is 0 Å². The molecule has 0 aromatic heterocycles. The molecule has 0 heterocycles. The van der Waals surface area contributed by atoms with Crippen molar-refractivity contribution in [3.63, 3.8) is 0 Å². The fraction of sp³-hybridized carbons (Fsp3) is 0.417. The lowest BCUT2D eigenvalue weighted by atomic mass is 10.0. The summed E-state index contributed by atoms with van der Waals surface area (Å²) in [6.07, 6.45) is 0.421. The molecule has 1 atom stereocenters. The van der Waals surface area contributed by atoms with E-state index < -0.39 is 12.0 Å². The van der Waals surface area contributed by atoms with Gasteiger partial charge in [0.25, 0.3) is 0 Å². The SMILES string of the molecule is CC(C)N(N)C(Cc1ccccc1)C(=O)O. The van der Waals surface area contributed by atoms with E-state index in [1.807, 2.05) is 44.2 Å². The molecule has 1 aromatic rings. The Labute approximate surface area is 95.6 Å².